The number of non-ortho nitro benzene ring substituents is 1. The highest BCUT2D eigenvalue weighted by Gasteiger charge is 2.17. The Morgan fingerprint density at radius 1 is 0.944 bits per heavy atom. The molecule has 1 amide bonds. The molecule has 5 aromatic rings. The van der Waals surface area contributed by atoms with Gasteiger partial charge in [0.15, 0.2) is 5.69 Å². The van der Waals surface area contributed by atoms with Crippen molar-refractivity contribution in [1.29, 1.82) is 0 Å². The molecule has 1 N–H and O–H groups in total. The summed E-state index contributed by atoms with van der Waals surface area (Å²) in [6.07, 6.45) is 1.42. The molecule has 8 heteroatoms. The van der Waals surface area contributed by atoms with Crippen LogP contribution in [0.3, 0.4) is 0 Å². The van der Waals surface area contributed by atoms with Crippen LogP contribution in [-0.2, 0) is 0 Å². The Hall–Kier alpha value is -5.11. The average molecular weight is 476 g/mol. The van der Waals surface area contributed by atoms with Crippen molar-refractivity contribution in [3.63, 3.8) is 0 Å². The molecule has 4 aromatic carbocycles. The zero-order valence-corrected chi connectivity index (χ0v) is 19.3. The predicted octanol–water partition coefficient (Wildman–Crippen LogP) is 5.67. The fourth-order valence-corrected chi connectivity index (χ4v) is 3.91. The van der Waals surface area contributed by atoms with E-state index in [-0.39, 0.29) is 11.4 Å². The van der Waals surface area contributed by atoms with Crippen LogP contribution in [0.2, 0.25) is 0 Å². The lowest BCUT2D eigenvalue weighted by atomic mass is 10.0. The van der Waals surface area contributed by atoms with Gasteiger partial charge in [0.1, 0.15) is 0 Å². The number of amides is 1. The Kier molecular flexibility index (Phi) is 6.07. The van der Waals surface area contributed by atoms with Gasteiger partial charge >= 0.3 is 0 Å². The van der Waals surface area contributed by atoms with Crippen molar-refractivity contribution in [3.05, 3.63) is 124 Å². The van der Waals surface area contributed by atoms with E-state index in [0.717, 1.165) is 33.3 Å². The van der Waals surface area contributed by atoms with Crippen LogP contribution in [0.1, 0.15) is 21.6 Å². The van der Waals surface area contributed by atoms with E-state index in [2.05, 4.69) is 27.8 Å². The number of hydrogen-bond acceptors (Lipinski definition) is 5. The first-order valence-electron chi connectivity index (χ1n) is 11.2. The summed E-state index contributed by atoms with van der Waals surface area (Å²) in [5.41, 5.74) is 6.91. The van der Waals surface area contributed by atoms with Crippen LogP contribution in [0.15, 0.2) is 102 Å². The predicted molar refractivity (Wildman–Crippen MR) is 139 cm³/mol. The highest BCUT2D eigenvalue weighted by molar-refractivity contribution is 5.95. The monoisotopic (exact) mass is 475 g/mol. The van der Waals surface area contributed by atoms with E-state index in [0.29, 0.717) is 5.56 Å². The Labute approximate surface area is 206 Å². The summed E-state index contributed by atoms with van der Waals surface area (Å²) in [6.45, 7) is 2.00. The number of hydrogen-bond donors (Lipinski definition) is 1. The number of carbonyl (C=O) groups is 1. The third-order valence-electron chi connectivity index (χ3n) is 5.72. The van der Waals surface area contributed by atoms with Gasteiger partial charge in [-0.3, -0.25) is 14.9 Å². The number of benzene rings is 4. The van der Waals surface area contributed by atoms with E-state index in [9.17, 15) is 14.9 Å². The average Bonchev–Trinajstić information content (AvgIpc) is 3.34. The number of aromatic nitrogens is 2. The zero-order valence-electron chi connectivity index (χ0n) is 19.3. The van der Waals surface area contributed by atoms with Gasteiger partial charge in [0.2, 0.25) is 0 Å². The van der Waals surface area contributed by atoms with Gasteiger partial charge in [-0.05, 0) is 65.2 Å². The molecule has 0 aliphatic rings. The van der Waals surface area contributed by atoms with Crippen molar-refractivity contribution in [2.24, 2.45) is 5.10 Å². The van der Waals surface area contributed by atoms with Gasteiger partial charge in [-0.25, -0.2) is 10.1 Å². The van der Waals surface area contributed by atoms with E-state index >= 15 is 0 Å². The lowest BCUT2D eigenvalue weighted by molar-refractivity contribution is -0.384. The summed E-state index contributed by atoms with van der Waals surface area (Å²) < 4.78 is 1.76. The van der Waals surface area contributed by atoms with Gasteiger partial charge in [-0.2, -0.15) is 10.2 Å². The van der Waals surface area contributed by atoms with Crippen LogP contribution >= 0.6 is 0 Å². The second-order valence-corrected chi connectivity index (χ2v) is 8.28. The van der Waals surface area contributed by atoms with E-state index < -0.39 is 10.8 Å². The van der Waals surface area contributed by atoms with Gasteiger partial charge in [0.05, 0.1) is 22.5 Å². The van der Waals surface area contributed by atoms with Gasteiger partial charge in [0, 0.05) is 17.7 Å². The number of nitrogens with zero attached hydrogens (tertiary/aromatic N) is 4. The third-order valence-corrected chi connectivity index (χ3v) is 5.72. The van der Waals surface area contributed by atoms with E-state index in [1.165, 1.54) is 18.3 Å². The number of nitro benzene ring substituents is 1. The molecule has 8 nitrogen and oxygen atoms in total. The Bertz CT molecular complexity index is 1620. The molecule has 1 aromatic heterocycles. The maximum Gasteiger partial charge on any atom is 0.291 e. The number of aryl methyl sites for hydroxylation is 1. The Balaban J connectivity index is 1.46. The van der Waals surface area contributed by atoms with Crippen molar-refractivity contribution in [2.75, 3.05) is 0 Å². The van der Waals surface area contributed by atoms with Gasteiger partial charge < -0.3 is 0 Å². The largest absolute Gasteiger partial charge is 0.291 e. The molecular formula is C28H21N5O3. The van der Waals surface area contributed by atoms with Gasteiger partial charge in [-0.1, -0.05) is 48.5 Å². The van der Waals surface area contributed by atoms with Gasteiger partial charge in [-0.15, -0.1) is 0 Å². The highest BCUT2D eigenvalue weighted by Crippen LogP contribution is 2.28. The number of fused-ring (bicyclic) bond motifs is 1. The number of carbonyl (C=O) groups excluding carboxylic acids is 1. The van der Waals surface area contributed by atoms with Crippen LogP contribution in [0, 0.1) is 17.0 Å². The number of nitrogens with one attached hydrogen (secondary N) is 1. The summed E-state index contributed by atoms with van der Waals surface area (Å²) in [5, 5.41) is 21.6. The fourth-order valence-electron chi connectivity index (χ4n) is 3.91. The summed E-state index contributed by atoms with van der Waals surface area (Å²) >= 11 is 0. The van der Waals surface area contributed by atoms with Crippen LogP contribution in [0.25, 0.3) is 27.7 Å². The number of hydrazone groups is 1. The first kappa shape index (κ1) is 22.7. The topological polar surface area (TPSA) is 102 Å². The van der Waals surface area contributed by atoms with Crippen molar-refractivity contribution in [2.45, 2.75) is 6.92 Å². The minimum absolute atomic E-state index is 0.0147. The van der Waals surface area contributed by atoms with Crippen LogP contribution in [0.5, 0.6) is 0 Å². The Morgan fingerprint density at radius 2 is 1.72 bits per heavy atom. The molecule has 36 heavy (non-hydrogen) atoms. The summed E-state index contributed by atoms with van der Waals surface area (Å²) in [7, 11) is 0. The maximum absolute atomic E-state index is 12.9. The van der Waals surface area contributed by atoms with Crippen LogP contribution in [0.4, 0.5) is 5.69 Å². The zero-order chi connectivity index (χ0) is 25.1. The second-order valence-electron chi connectivity index (χ2n) is 8.28. The van der Waals surface area contributed by atoms with Crippen molar-refractivity contribution >= 4 is 28.6 Å². The second kappa shape index (κ2) is 9.63. The first-order valence-corrected chi connectivity index (χ1v) is 11.2. The van der Waals surface area contributed by atoms with Crippen molar-refractivity contribution in [1.82, 2.24) is 15.2 Å². The molecule has 0 saturated heterocycles. The molecule has 0 fully saturated rings. The molecule has 0 atom stereocenters. The maximum atomic E-state index is 12.9. The normalized spacial score (nSPS) is 11.1. The standard InChI is InChI=1S/C28H21N5O3/c1-19-5-4-8-25(15-19)32-27(23-12-11-21-6-2-3-7-22(21)16-23)17-26(31-32)28(34)30-29-18-20-9-13-24(14-10-20)33(35)36/h2-18H,1H3,(H,30,34)/b29-18-. The molecule has 0 radical (unpaired) electrons. The summed E-state index contributed by atoms with van der Waals surface area (Å²) in [5.74, 6) is -0.471. The minimum Gasteiger partial charge on any atom is -0.265 e. The quantitative estimate of drug-likeness (QED) is 0.194. The minimum atomic E-state index is -0.472. The number of nitro groups is 1. The molecule has 0 bridgehead atoms. The molecular weight excluding hydrogens is 454 g/mol. The molecule has 0 aliphatic heterocycles. The SMILES string of the molecule is Cc1cccc(-n2nc(C(=O)N/N=C\c3ccc([N+](=O)[O-])cc3)cc2-c2ccc3ccccc3c2)c1. The lowest BCUT2D eigenvalue weighted by Crippen LogP contribution is -2.18. The van der Waals surface area contributed by atoms with E-state index in [1.807, 2.05) is 61.5 Å². The van der Waals surface area contributed by atoms with Crippen LogP contribution in [-0.4, -0.2) is 26.8 Å². The molecule has 0 saturated carbocycles. The van der Waals surface area contributed by atoms with E-state index in [1.54, 1.807) is 22.9 Å². The van der Waals surface area contributed by atoms with Crippen molar-refractivity contribution < 1.29 is 9.72 Å². The molecule has 0 aliphatic carbocycles. The third kappa shape index (κ3) is 4.74. The van der Waals surface area contributed by atoms with Crippen LogP contribution < -0.4 is 5.43 Å². The summed E-state index contributed by atoms with van der Waals surface area (Å²) in [6, 6.07) is 29.7. The van der Waals surface area contributed by atoms with Gasteiger partial charge in [0.25, 0.3) is 11.6 Å². The van der Waals surface area contributed by atoms with E-state index in [4.69, 9.17) is 0 Å². The first-order chi connectivity index (χ1) is 17.5. The molecule has 0 spiro atoms. The van der Waals surface area contributed by atoms with Crippen molar-refractivity contribution in [3.8, 4) is 16.9 Å². The summed E-state index contributed by atoms with van der Waals surface area (Å²) in [4.78, 5) is 23.2. The molecule has 5 rings (SSSR count). The molecule has 1 heterocycles. The Morgan fingerprint density at radius 3 is 2.47 bits per heavy atom. The number of rotatable bonds is 6. The molecule has 0 unspecified atom stereocenters. The highest BCUT2D eigenvalue weighted by atomic mass is 16.6. The fraction of sp³-hybridized carbons (Fsp3) is 0.0357. The molecule has 176 valence electrons. The smallest absolute Gasteiger partial charge is 0.265 e. The lowest BCUT2D eigenvalue weighted by Gasteiger charge is -2.09.